The first-order chi connectivity index (χ1) is 11.0. The summed E-state index contributed by atoms with van der Waals surface area (Å²) < 4.78 is 0. The minimum Gasteiger partial charge on any atom is -0.324 e. The summed E-state index contributed by atoms with van der Waals surface area (Å²) in [5.74, 6) is 1.46. The molecule has 1 aliphatic heterocycles. The molecule has 0 unspecified atom stereocenters. The van der Waals surface area contributed by atoms with E-state index < -0.39 is 5.54 Å². The van der Waals surface area contributed by atoms with E-state index >= 15 is 0 Å². The van der Waals surface area contributed by atoms with Gasteiger partial charge in [0.05, 0.1) is 0 Å². The minimum absolute atomic E-state index is 0.145. The van der Waals surface area contributed by atoms with Gasteiger partial charge in [0.15, 0.2) is 0 Å². The summed E-state index contributed by atoms with van der Waals surface area (Å²) in [5.41, 5.74) is 0.503. The summed E-state index contributed by atoms with van der Waals surface area (Å²) in [7, 11) is 0. The van der Waals surface area contributed by atoms with E-state index in [2.05, 4.69) is 35.6 Å². The van der Waals surface area contributed by atoms with Crippen LogP contribution in [0.15, 0.2) is 42.5 Å². The van der Waals surface area contributed by atoms with Gasteiger partial charge in [0.2, 0.25) is 0 Å². The Bertz CT molecular complexity index is 752. The number of thioether (sulfide) groups is 1. The van der Waals surface area contributed by atoms with E-state index in [0.29, 0.717) is 6.54 Å². The van der Waals surface area contributed by atoms with Crippen molar-refractivity contribution in [2.75, 3.05) is 12.3 Å². The maximum Gasteiger partial charge on any atom is 0.325 e. The Kier molecular flexibility index (Phi) is 4.31. The molecule has 2 aromatic carbocycles. The Morgan fingerprint density at radius 3 is 2.57 bits per heavy atom. The molecule has 0 saturated carbocycles. The zero-order valence-electron chi connectivity index (χ0n) is 13.3. The lowest BCUT2D eigenvalue weighted by Gasteiger charge is -2.15. The maximum absolute atomic E-state index is 12.1. The van der Waals surface area contributed by atoms with Crippen LogP contribution in [0.3, 0.4) is 0 Å². The van der Waals surface area contributed by atoms with Crippen LogP contribution in [0.4, 0.5) is 4.79 Å². The van der Waals surface area contributed by atoms with Gasteiger partial charge < -0.3 is 5.32 Å². The molecule has 5 heteroatoms. The van der Waals surface area contributed by atoms with Gasteiger partial charge in [0.1, 0.15) is 5.54 Å². The Morgan fingerprint density at radius 1 is 1.09 bits per heavy atom. The molecule has 23 heavy (non-hydrogen) atoms. The summed E-state index contributed by atoms with van der Waals surface area (Å²) in [6, 6.07) is 14.4. The van der Waals surface area contributed by atoms with Crippen LogP contribution in [-0.2, 0) is 10.5 Å². The SMILES string of the molecule is CC1(C)NC(=O)N(CCSCc2cccc3ccccc23)C1=O. The first-order valence-electron chi connectivity index (χ1n) is 7.67. The van der Waals surface area contributed by atoms with Crippen LogP contribution in [0.25, 0.3) is 10.8 Å². The van der Waals surface area contributed by atoms with Gasteiger partial charge in [0.25, 0.3) is 5.91 Å². The van der Waals surface area contributed by atoms with Gasteiger partial charge in [-0.25, -0.2) is 4.79 Å². The van der Waals surface area contributed by atoms with Crippen molar-refractivity contribution in [2.45, 2.75) is 25.1 Å². The Labute approximate surface area is 140 Å². The maximum atomic E-state index is 12.1. The second-order valence-electron chi connectivity index (χ2n) is 6.20. The summed E-state index contributed by atoms with van der Waals surface area (Å²) in [5, 5.41) is 5.20. The molecule has 0 atom stereocenters. The molecule has 1 aliphatic rings. The van der Waals surface area contributed by atoms with Crippen molar-refractivity contribution in [2.24, 2.45) is 0 Å². The van der Waals surface area contributed by atoms with Crippen LogP contribution in [0.2, 0.25) is 0 Å². The second-order valence-corrected chi connectivity index (χ2v) is 7.31. The number of benzene rings is 2. The molecule has 0 aliphatic carbocycles. The van der Waals surface area contributed by atoms with Crippen molar-refractivity contribution in [1.29, 1.82) is 0 Å². The van der Waals surface area contributed by atoms with E-state index in [9.17, 15) is 9.59 Å². The molecule has 3 rings (SSSR count). The van der Waals surface area contributed by atoms with Crippen LogP contribution in [-0.4, -0.2) is 34.7 Å². The highest BCUT2D eigenvalue weighted by Crippen LogP contribution is 2.23. The Morgan fingerprint density at radius 2 is 1.83 bits per heavy atom. The van der Waals surface area contributed by atoms with E-state index in [1.807, 2.05) is 12.1 Å². The molecule has 0 bridgehead atoms. The van der Waals surface area contributed by atoms with Crippen molar-refractivity contribution in [3.05, 3.63) is 48.0 Å². The Hall–Kier alpha value is -2.01. The predicted molar refractivity (Wildman–Crippen MR) is 94.4 cm³/mol. The molecule has 4 nitrogen and oxygen atoms in total. The van der Waals surface area contributed by atoms with Gasteiger partial charge in [0, 0.05) is 18.1 Å². The summed E-state index contributed by atoms with van der Waals surface area (Å²) >= 11 is 1.74. The van der Waals surface area contributed by atoms with Crippen molar-refractivity contribution in [3.8, 4) is 0 Å². The number of urea groups is 1. The van der Waals surface area contributed by atoms with Crippen molar-refractivity contribution in [3.63, 3.8) is 0 Å². The van der Waals surface area contributed by atoms with Crippen LogP contribution in [0.5, 0.6) is 0 Å². The molecule has 1 heterocycles. The smallest absolute Gasteiger partial charge is 0.324 e. The second kappa shape index (κ2) is 6.24. The van der Waals surface area contributed by atoms with E-state index in [0.717, 1.165) is 11.5 Å². The third-order valence-electron chi connectivity index (χ3n) is 4.04. The zero-order valence-corrected chi connectivity index (χ0v) is 14.2. The van der Waals surface area contributed by atoms with E-state index in [4.69, 9.17) is 0 Å². The van der Waals surface area contributed by atoms with Gasteiger partial charge >= 0.3 is 6.03 Å². The number of rotatable bonds is 5. The van der Waals surface area contributed by atoms with Crippen molar-refractivity contribution in [1.82, 2.24) is 10.2 Å². The average Bonchev–Trinajstić information content (AvgIpc) is 2.72. The van der Waals surface area contributed by atoms with E-state index in [-0.39, 0.29) is 11.9 Å². The molecular formula is C18H20N2O2S. The zero-order chi connectivity index (χ0) is 16.4. The number of nitrogens with one attached hydrogen (secondary N) is 1. The molecule has 1 N–H and O–H groups in total. The predicted octanol–water partition coefficient (Wildman–Crippen LogP) is 3.40. The fraction of sp³-hybridized carbons (Fsp3) is 0.333. The standard InChI is InChI=1S/C18H20N2O2S/c1-18(2)16(21)20(17(22)19-18)10-11-23-12-14-8-5-7-13-6-3-4-9-15(13)14/h3-9H,10-12H2,1-2H3,(H,19,22). The first kappa shape index (κ1) is 15.9. The highest BCUT2D eigenvalue weighted by molar-refractivity contribution is 7.98. The molecule has 1 saturated heterocycles. The fourth-order valence-electron chi connectivity index (χ4n) is 2.78. The van der Waals surface area contributed by atoms with Gasteiger partial charge in [-0.2, -0.15) is 11.8 Å². The normalized spacial score (nSPS) is 16.9. The number of hydrogen-bond acceptors (Lipinski definition) is 3. The monoisotopic (exact) mass is 328 g/mol. The number of hydrogen-bond donors (Lipinski definition) is 1. The third kappa shape index (κ3) is 3.20. The largest absolute Gasteiger partial charge is 0.325 e. The number of fused-ring (bicyclic) bond motifs is 1. The molecule has 0 radical (unpaired) electrons. The number of nitrogens with zero attached hydrogens (tertiary/aromatic N) is 1. The van der Waals surface area contributed by atoms with Gasteiger partial charge in [-0.3, -0.25) is 9.69 Å². The molecule has 120 valence electrons. The van der Waals surface area contributed by atoms with E-state index in [1.165, 1.54) is 21.2 Å². The average molecular weight is 328 g/mol. The number of imide groups is 1. The van der Waals surface area contributed by atoms with Crippen molar-refractivity contribution >= 4 is 34.5 Å². The highest BCUT2D eigenvalue weighted by atomic mass is 32.2. The number of amides is 3. The quantitative estimate of drug-likeness (QED) is 0.676. The first-order valence-corrected chi connectivity index (χ1v) is 8.83. The third-order valence-corrected chi connectivity index (χ3v) is 5.03. The molecule has 1 fully saturated rings. The van der Waals surface area contributed by atoms with Gasteiger partial charge in [-0.1, -0.05) is 42.5 Å². The van der Waals surface area contributed by atoms with E-state index in [1.54, 1.807) is 25.6 Å². The van der Waals surface area contributed by atoms with Crippen LogP contribution >= 0.6 is 11.8 Å². The van der Waals surface area contributed by atoms with Crippen LogP contribution in [0, 0.1) is 0 Å². The van der Waals surface area contributed by atoms with Gasteiger partial charge in [-0.15, -0.1) is 0 Å². The van der Waals surface area contributed by atoms with Crippen LogP contribution < -0.4 is 5.32 Å². The van der Waals surface area contributed by atoms with Crippen molar-refractivity contribution < 1.29 is 9.59 Å². The lowest BCUT2D eigenvalue weighted by molar-refractivity contribution is -0.130. The van der Waals surface area contributed by atoms with Crippen LogP contribution in [0.1, 0.15) is 19.4 Å². The summed E-state index contributed by atoms with van der Waals surface area (Å²) in [6.45, 7) is 3.91. The molecule has 0 aromatic heterocycles. The summed E-state index contributed by atoms with van der Waals surface area (Å²) in [6.07, 6.45) is 0. The lowest BCUT2D eigenvalue weighted by Crippen LogP contribution is -2.40. The highest BCUT2D eigenvalue weighted by Gasteiger charge is 2.43. The molecular weight excluding hydrogens is 308 g/mol. The molecule has 0 spiro atoms. The fourth-order valence-corrected chi connectivity index (χ4v) is 3.70. The van der Waals surface area contributed by atoms with Gasteiger partial charge in [-0.05, 0) is 30.2 Å². The minimum atomic E-state index is -0.780. The summed E-state index contributed by atoms with van der Waals surface area (Å²) in [4.78, 5) is 25.2. The number of carbonyl (C=O) groups is 2. The lowest BCUT2D eigenvalue weighted by atomic mass is 10.1. The molecule has 2 aromatic rings. The Balaban J connectivity index is 1.58. The molecule has 3 amide bonds. The topological polar surface area (TPSA) is 49.4 Å². The number of carbonyl (C=O) groups excluding carboxylic acids is 2.